The van der Waals surface area contributed by atoms with Crippen molar-refractivity contribution in [3.05, 3.63) is 218 Å². The first-order valence-electron chi connectivity index (χ1n) is 22.3. The standard InChI is InChI=1S/C62H36N2/c1-5-17-37(18-6-1)63(38-19-7-2-8-20-38)61-57-49-33-29-45-41-25-13-15-27-43(41)47-31-35-51(55(49)53(45)47)59(57)62(64(39-21-9-3-10-22-39)40-23-11-4-12-24-40)60-52-36-32-48-44-28-16-14-26-42(44)46-30-34-50(58(60)61)56(52)54(46)48/h1-36H. The highest BCUT2D eigenvalue weighted by Crippen LogP contribution is 2.63. The van der Waals surface area contributed by atoms with Crippen LogP contribution in [0.5, 0.6) is 0 Å². The molecule has 0 radical (unpaired) electrons. The van der Waals surface area contributed by atoms with E-state index in [2.05, 4.69) is 228 Å². The van der Waals surface area contributed by atoms with Crippen LogP contribution in [0, 0.1) is 0 Å². The molecule has 0 fully saturated rings. The van der Waals surface area contributed by atoms with Gasteiger partial charge in [-0.2, -0.15) is 0 Å². The molecule has 0 saturated carbocycles. The summed E-state index contributed by atoms with van der Waals surface area (Å²) in [6.45, 7) is 0. The van der Waals surface area contributed by atoms with Gasteiger partial charge in [-0.1, -0.05) is 170 Å². The van der Waals surface area contributed by atoms with Crippen LogP contribution in [0.2, 0.25) is 0 Å². The van der Waals surface area contributed by atoms with E-state index >= 15 is 0 Å². The van der Waals surface area contributed by atoms with Gasteiger partial charge >= 0.3 is 0 Å². The van der Waals surface area contributed by atoms with Crippen LogP contribution in [-0.4, -0.2) is 0 Å². The van der Waals surface area contributed by atoms with Crippen molar-refractivity contribution in [3.8, 4) is 44.5 Å². The molecule has 2 aliphatic carbocycles. The van der Waals surface area contributed by atoms with Crippen molar-refractivity contribution >= 4 is 98.8 Å². The van der Waals surface area contributed by atoms with Crippen molar-refractivity contribution in [1.29, 1.82) is 0 Å². The second-order valence-electron chi connectivity index (χ2n) is 17.4. The maximum atomic E-state index is 2.55. The zero-order valence-corrected chi connectivity index (χ0v) is 34.7. The first-order chi connectivity index (χ1) is 31.8. The molecule has 2 aliphatic rings. The number of rotatable bonds is 6. The van der Waals surface area contributed by atoms with E-state index in [-0.39, 0.29) is 0 Å². The molecule has 294 valence electrons. The second-order valence-corrected chi connectivity index (χ2v) is 17.4. The Morgan fingerprint density at radius 3 is 0.656 bits per heavy atom. The van der Waals surface area contributed by atoms with Crippen LogP contribution >= 0.6 is 0 Å². The number of benzene rings is 11. The molecule has 13 aromatic rings. The minimum atomic E-state index is 1.12. The summed E-state index contributed by atoms with van der Waals surface area (Å²) >= 11 is 0. The molecule has 0 N–H and O–H groups in total. The Hall–Kier alpha value is -8.46. The van der Waals surface area contributed by atoms with Crippen LogP contribution in [-0.2, 0) is 0 Å². The molecule has 15 rings (SSSR count). The van der Waals surface area contributed by atoms with Crippen molar-refractivity contribution < 1.29 is 0 Å². The lowest BCUT2D eigenvalue weighted by molar-refractivity contribution is 1.30. The summed E-state index contributed by atoms with van der Waals surface area (Å²) in [5, 5.41) is 15.5. The van der Waals surface area contributed by atoms with Gasteiger partial charge < -0.3 is 9.80 Å². The SMILES string of the molecule is c1ccc(N(c2ccccc2)c2c3c4ccc5c6c(ccc(c3c(N(c3ccccc3)c3ccccc3)c3c7ccc8c9c(ccc(c23)c97)-c2ccccc2-8)c64)-c2ccccc2-5)cc1. The second kappa shape index (κ2) is 12.6. The van der Waals surface area contributed by atoms with E-state index in [4.69, 9.17) is 0 Å². The van der Waals surface area contributed by atoms with Crippen LogP contribution in [0.3, 0.4) is 0 Å². The van der Waals surface area contributed by atoms with E-state index in [1.54, 1.807) is 0 Å². The molecule has 0 bridgehead atoms. The zero-order valence-electron chi connectivity index (χ0n) is 34.7. The molecule has 0 saturated heterocycles. The van der Waals surface area contributed by atoms with Crippen molar-refractivity contribution in [2.45, 2.75) is 0 Å². The zero-order chi connectivity index (χ0) is 41.6. The number of anilines is 6. The third-order valence-corrected chi connectivity index (χ3v) is 14.4. The fraction of sp³-hybridized carbons (Fsp3) is 0. The Morgan fingerprint density at radius 1 is 0.172 bits per heavy atom. The Kier molecular flexibility index (Phi) is 6.71. The summed E-state index contributed by atoms with van der Waals surface area (Å²) in [7, 11) is 0. The fourth-order valence-electron chi connectivity index (χ4n) is 12.0. The summed E-state index contributed by atoms with van der Waals surface area (Å²) in [5.41, 5.74) is 17.4. The molecule has 0 amide bonds. The number of hydrogen-bond acceptors (Lipinski definition) is 2. The molecule has 64 heavy (non-hydrogen) atoms. The number of para-hydroxylation sites is 4. The lowest BCUT2D eigenvalue weighted by Gasteiger charge is -2.32. The maximum Gasteiger partial charge on any atom is 0.0632 e. The molecule has 0 spiro atoms. The minimum Gasteiger partial charge on any atom is -0.309 e. The van der Waals surface area contributed by atoms with E-state index in [1.807, 2.05) is 0 Å². The predicted octanol–water partition coefficient (Wildman–Crippen LogP) is 17.7. The van der Waals surface area contributed by atoms with E-state index in [9.17, 15) is 0 Å². The Labute approximate surface area is 369 Å². The monoisotopic (exact) mass is 808 g/mol. The molecule has 0 aromatic heterocycles. The highest BCUT2D eigenvalue weighted by Gasteiger charge is 2.35. The number of fused-ring (bicyclic) bond motifs is 12. The molecular weight excluding hydrogens is 773 g/mol. The highest BCUT2D eigenvalue weighted by atomic mass is 15.2. The smallest absolute Gasteiger partial charge is 0.0632 e. The Bertz CT molecular complexity index is 3530. The largest absolute Gasteiger partial charge is 0.309 e. The van der Waals surface area contributed by atoms with Gasteiger partial charge in [0.1, 0.15) is 0 Å². The van der Waals surface area contributed by atoms with Gasteiger partial charge in [0.05, 0.1) is 11.4 Å². The van der Waals surface area contributed by atoms with E-state index in [0.717, 1.165) is 22.7 Å². The topological polar surface area (TPSA) is 6.48 Å². The van der Waals surface area contributed by atoms with E-state index in [0.29, 0.717) is 0 Å². The third-order valence-electron chi connectivity index (χ3n) is 14.4. The van der Waals surface area contributed by atoms with Crippen molar-refractivity contribution in [3.63, 3.8) is 0 Å². The highest BCUT2D eigenvalue weighted by molar-refractivity contribution is 6.49. The molecule has 0 heterocycles. The quantitative estimate of drug-likeness (QED) is 0.154. The summed E-state index contributed by atoms with van der Waals surface area (Å²) in [4.78, 5) is 5.11. The van der Waals surface area contributed by atoms with Crippen LogP contribution in [0.25, 0.3) is 109 Å². The molecule has 2 nitrogen and oxygen atoms in total. The van der Waals surface area contributed by atoms with Gasteiger partial charge in [-0.25, -0.2) is 0 Å². The minimum absolute atomic E-state index is 1.12. The van der Waals surface area contributed by atoms with Crippen LogP contribution in [0.4, 0.5) is 34.1 Å². The number of hydrogen-bond donors (Lipinski definition) is 0. The van der Waals surface area contributed by atoms with E-state index in [1.165, 1.54) is 121 Å². The third kappa shape index (κ3) is 4.29. The molecule has 13 aromatic carbocycles. The summed E-state index contributed by atoms with van der Waals surface area (Å²) in [6, 6.07) is 81.3. The molecular formula is C62H36N2. The fourth-order valence-corrected chi connectivity index (χ4v) is 12.0. The summed E-state index contributed by atoms with van der Waals surface area (Å²) in [6.07, 6.45) is 0. The lowest BCUT2D eigenvalue weighted by Crippen LogP contribution is -2.13. The lowest BCUT2D eigenvalue weighted by atomic mass is 9.96. The first-order valence-corrected chi connectivity index (χ1v) is 22.3. The molecule has 0 unspecified atom stereocenters. The average Bonchev–Trinajstić information content (AvgIpc) is 4.09. The first kappa shape index (κ1) is 34.2. The van der Waals surface area contributed by atoms with Gasteiger partial charge in [0.15, 0.2) is 0 Å². The van der Waals surface area contributed by atoms with Crippen molar-refractivity contribution in [1.82, 2.24) is 0 Å². The van der Waals surface area contributed by atoms with Crippen LogP contribution in [0.15, 0.2) is 218 Å². The van der Waals surface area contributed by atoms with Gasteiger partial charge in [-0.15, -0.1) is 0 Å². The summed E-state index contributed by atoms with van der Waals surface area (Å²) in [5.74, 6) is 0. The number of nitrogens with zero attached hydrogens (tertiary/aromatic N) is 2. The Balaban J connectivity index is 1.25. The Morgan fingerprint density at radius 2 is 0.406 bits per heavy atom. The molecule has 0 aliphatic heterocycles. The van der Waals surface area contributed by atoms with Gasteiger partial charge in [0, 0.05) is 44.3 Å². The van der Waals surface area contributed by atoms with Crippen molar-refractivity contribution in [2.24, 2.45) is 0 Å². The van der Waals surface area contributed by atoms with E-state index < -0.39 is 0 Å². The normalized spacial score (nSPS) is 12.4. The average molecular weight is 809 g/mol. The van der Waals surface area contributed by atoms with Gasteiger partial charge in [-0.3, -0.25) is 0 Å². The van der Waals surface area contributed by atoms with Crippen LogP contribution in [0.1, 0.15) is 0 Å². The van der Waals surface area contributed by atoms with Crippen molar-refractivity contribution in [2.75, 3.05) is 9.80 Å². The maximum absolute atomic E-state index is 2.55. The predicted molar refractivity (Wildman–Crippen MR) is 272 cm³/mol. The van der Waals surface area contributed by atoms with Gasteiger partial charge in [-0.05, 0) is 136 Å². The summed E-state index contributed by atoms with van der Waals surface area (Å²) < 4.78 is 0. The van der Waals surface area contributed by atoms with Gasteiger partial charge in [0.2, 0.25) is 0 Å². The molecule has 2 heteroatoms. The van der Waals surface area contributed by atoms with Crippen LogP contribution < -0.4 is 9.80 Å². The van der Waals surface area contributed by atoms with Gasteiger partial charge in [0.25, 0.3) is 0 Å². The molecule has 0 atom stereocenters.